The number of benzene rings is 1. The van der Waals surface area contributed by atoms with E-state index in [9.17, 15) is 14.5 Å². The fourth-order valence-corrected chi connectivity index (χ4v) is 1.41. The molecular weight excluding hydrogens is 265 g/mol. The Hall–Kier alpha value is -2.28. The number of halogens is 2. The van der Waals surface area contributed by atoms with Crippen LogP contribution in [0.15, 0.2) is 30.6 Å². The van der Waals surface area contributed by atoms with Crippen molar-refractivity contribution in [2.75, 3.05) is 0 Å². The van der Waals surface area contributed by atoms with Gasteiger partial charge in [0.1, 0.15) is 17.9 Å². The molecule has 0 aliphatic heterocycles. The number of rotatable bonds is 3. The maximum Gasteiger partial charge on any atom is 0.368 e. The molecule has 2 rings (SSSR count). The first-order valence-electron chi connectivity index (χ1n) is 4.66. The number of ether oxygens (including phenoxy) is 1. The first kappa shape index (κ1) is 12.2. The molecule has 6 nitrogen and oxygen atoms in total. The molecule has 0 bridgehead atoms. The van der Waals surface area contributed by atoms with Crippen molar-refractivity contribution in [3.8, 4) is 11.6 Å². The van der Waals surface area contributed by atoms with Gasteiger partial charge < -0.3 is 4.74 Å². The predicted octanol–water partition coefficient (Wildman–Crippen LogP) is 2.97. The van der Waals surface area contributed by atoms with E-state index >= 15 is 0 Å². The van der Waals surface area contributed by atoms with Crippen molar-refractivity contribution in [1.29, 1.82) is 0 Å². The van der Waals surface area contributed by atoms with Gasteiger partial charge in [0.05, 0.1) is 4.92 Å². The van der Waals surface area contributed by atoms with Crippen LogP contribution in [0.4, 0.5) is 10.1 Å². The van der Waals surface area contributed by atoms with E-state index in [0.717, 1.165) is 12.4 Å². The molecule has 0 atom stereocenters. The molecule has 0 radical (unpaired) electrons. The summed E-state index contributed by atoms with van der Waals surface area (Å²) in [6.07, 6.45) is 1.02. The van der Waals surface area contributed by atoms with E-state index in [4.69, 9.17) is 16.3 Å². The van der Waals surface area contributed by atoms with Gasteiger partial charge >= 0.3 is 11.6 Å². The number of hydrogen-bond donors (Lipinski definition) is 0. The van der Waals surface area contributed by atoms with Crippen LogP contribution < -0.4 is 4.74 Å². The topological polar surface area (TPSA) is 78.2 Å². The Bertz CT molecular complexity index is 609. The summed E-state index contributed by atoms with van der Waals surface area (Å²) in [6.45, 7) is 0. The molecule has 0 saturated carbocycles. The van der Waals surface area contributed by atoms with E-state index in [1.807, 2.05) is 0 Å². The van der Waals surface area contributed by atoms with Crippen LogP contribution in [-0.2, 0) is 0 Å². The lowest BCUT2D eigenvalue weighted by atomic mass is 10.3. The van der Waals surface area contributed by atoms with Crippen molar-refractivity contribution in [3.63, 3.8) is 0 Å². The molecule has 0 spiro atoms. The van der Waals surface area contributed by atoms with E-state index in [1.54, 1.807) is 0 Å². The Morgan fingerprint density at radius 2 is 2.17 bits per heavy atom. The van der Waals surface area contributed by atoms with Crippen LogP contribution >= 0.6 is 11.6 Å². The number of hydrogen-bond acceptors (Lipinski definition) is 5. The van der Waals surface area contributed by atoms with Crippen LogP contribution in [0.2, 0.25) is 5.15 Å². The van der Waals surface area contributed by atoms with Gasteiger partial charge in [-0.1, -0.05) is 17.7 Å². The van der Waals surface area contributed by atoms with E-state index in [2.05, 4.69) is 9.97 Å². The molecule has 0 aliphatic rings. The van der Waals surface area contributed by atoms with E-state index in [0.29, 0.717) is 0 Å². The third kappa shape index (κ3) is 2.51. The second-order valence-electron chi connectivity index (χ2n) is 3.13. The van der Waals surface area contributed by atoms with Crippen LogP contribution in [-0.4, -0.2) is 14.9 Å². The van der Waals surface area contributed by atoms with Gasteiger partial charge in [0, 0.05) is 6.07 Å². The van der Waals surface area contributed by atoms with E-state index < -0.39 is 16.4 Å². The first-order valence-corrected chi connectivity index (χ1v) is 5.04. The highest BCUT2D eigenvalue weighted by molar-refractivity contribution is 6.31. The van der Waals surface area contributed by atoms with Crippen LogP contribution in [0, 0.1) is 15.9 Å². The monoisotopic (exact) mass is 269 g/mol. The van der Waals surface area contributed by atoms with Gasteiger partial charge in [-0.25, -0.2) is 9.37 Å². The van der Waals surface area contributed by atoms with Gasteiger partial charge in [0.15, 0.2) is 0 Å². The predicted molar refractivity (Wildman–Crippen MR) is 60.2 cm³/mol. The van der Waals surface area contributed by atoms with Crippen LogP contribution in [0.25, 0.3) is 0 Å². The highest BCUT2D eigenvalue weighted by atomic mass is 35.5. The first-order chi connectivity index (χ1) is 8.58. The second-order valence-corrected chi connectivity index (χ2v) is 3.49. The zero-order valence-corrected chi connectivity index (χ0v) is 9.46. The minimum Gasteiger partial charge on any atom is -0.433 e. The average Bonchev–Trinajstić information content (AvgIpc) is 2.28. The summed E-state index contributed by atoms with van der Waals surface area (Å²) in [5.41, 5.74) is -0.566. The summed E-state index contributed by atoms with van der Waals surface area (Å²) >= 11 is 5.58. The number of nitro groups is 1. The summed E-state index contributed by atoms with van der Waals surface area (Å²) in [5.74, 6) is -0.797. The molecule has 1 aromatic carbocycles. The molecule has 0 saturated heterocycles. The normalized spacial score (nSPS) is 10.1. The standard InChI is InChI=1S/C10H5ClFN3O3/c11-9-8(15(16)17)10(14-5-13-9)18-7-3-1-2-6(12)4-7/h1-5H. The molecule has 92 valence electrons. The third-order valence-corrected chi connectivity index (χ3v) is 2.21. The molecule has 0 aliphatic carbocycles. The van der Waals surface area contributed by atoms with Crippen molar-refractivity contribution in [3.05, 3.63) is 51.7 Å². The van der Waals surface area contributed by atoms with Crippen molar-refractivity contribution < 1.29 is 14.1 Å². The SMILES string of the molecule is O=[N+]([O-])c1c(Cl)ncnc1Oc1cccc(F)c1. The molecule has 0 N–H and O–H groups in total. The fraction of sp³-hybridized carbons (Fsp3) is 0. The molecule has 1 heterocycles. The Morgan fingerprint density at radius 1 is 1.39 bits per heavy atom. The molecular formula is C10H5ClFN3O3. The summed E-state index contributed by atoms with van der Waals surface area (Å²) < 4.78 is 18.1. The van der Waals surface area contributed by atoms with Crippen molar-refractivity contribution >= 4 is 17.3 Å². The summed E-state index contributed by atoms with van der Waals surface area (Å²) in [7, 11) is 0. The Balaban J connectivity index is 2.40. The molecule has 0 fully saturated rings. The summed E-state index contributed by atoms with van der Waals surface area (Å²) in [6, 6.07) is 5.12. The fourth-order valence-electron chi connectivity index (χ4n) is 1.21. The Kier molecular flexibility index (Phi) is 3.33. The smallest absolute Gasteiger partial charge is 0.368 e. The van der Waals surface area contributed by atoms with E-state index in [1.165, 1.54) is 18.2 Å². The summed E-state index contributed by atoms with van der Waals surface area (Å²) in [5, 5.41) is 10.4. The largest absolute Gasteiger partial charge is 0.433 e. The van der Waals surface area contributed by atoms with Gasteiger partial charge in [0.25, 0.3) is 0 Å². The molecule has 8 heteroatoms. The minimum absolute atomic E-state index is 0.0767. The van der Waals surface area contributed by atoms with Gasteiger partial charge in [-0.15, -0.1) is 0 Å². The highest BCUT2D eigenvalue weighted by Crippen LogP contribution is 2.33. The molecule has 18 heavy (non-hydrogen) atoms. The highest BCUT2D eigenvalue weighted by Gasteiger charge is 2.23. The molecule has 2 aromatic rings. The van der Waals surface area contributed by atoms with Gasteiger partial charge in [0.2, 0.25) is 5.15 Å². The Morgan fingerprint density at radius 3 is 2.83 bits per heavy atom. The maximum absolute atomic E-state index is 12.9. The van der Waals surface area contributed by atoms with Crippen molar-refractivity contribution in [2.24, 2.45) is 0 Å². The lowest BCUT2D eigenvalue weighted by Gasteiger charge is -2.05. The molecule has 1 aromatic heterocycles. The van der Waals surface area contributed by atoms with Crippen molar-refractivity contribution in [2.45, 2.75) is 0 Å². The van der Waals surface area contributed by atoms with Crippen LogP contribution in [0.1, 0.15) is 0 Å². The average molecular weight is 270 g/mol. The van der Waals surface area contributed by atoms with Crippen LogP contribution in [0.3, 0.4) is 0 Å². The van der Waals surface area contributed by atoms with E-state index in [-0.39, 0.29) is 16.8 Å². The van der Waals surface area contributed by atoms with Gasteiger partial charge in [-0.3, -0.25) is 10.1 Å². The number of aromatic nitrogens is 2. The Labute approximate surface area is 105 Å². The zero-order valence-electron chi connectivity index (χ0n) is 8.71. The van der Waals surface area contributed by atoms with Crippen LogP contribution in [0.5, 0.6) is 11.6 Å². The quantitative estimate of drug-likeness (QED) is 0.486. The number of nitrogens with zero attached hydrogens (tertiary/aromatic N) is 3. The summed E-state index contributed by atoms with van der Waals surface area (Å²) in [4.78, 5) is 17.1. The maximum atomic E-state index is 12.9. The van der Waals surface area contributed by atoms with Gasteiger partial charge in [-0.2, -0.15) is 4.98 Å². The van der Waals surface area contributed by atoms with Gasteiger partial charge in [-0.05, 0) is 12.1 Å². The molecule has 0 unspecified atom stereocenters. The third-order valence-electron chi connectivity index (χ3n) is 1.94. The lowest BCUT2D eigenvalue weighted by Crippen LogP contribution is -1.98. The lowest BCUT2D eigenvalue weighted by molar-refractivity contribution is -0.386. The zero-order chi connectivity index (χ0) is 13.1. The van der Waals surface area contributed by atoms with Crippen molar-refractivity contribution in [1.82, 2.24) is 9.97 Å². The minimum atomic E-state index is -0.767. The molecule has 0 amide bonds. The second kappa shape index (κ2) is 4.92.